The lowest BCUT2D eigenvalue weighted by Crippen LogP contribution is -2.54. The van der Waals surface area contributed by atoms with E-state index in [0.717, 1.165) is 15.6 Å². The largest absolute Gasteiger partial charge is 0.458 e. The minimum Gasteiger partial charge on any atom is -0.458 e. The molecule has 7 rings (SSSR count). The number of nitrogens with zero attached hydrogens (tertiary/aromatic N) is 1. The molecule has 38 heavy (non-hydrogen) atoms. The molecular formula is C30H21BrN2O4S. The van der Waals surface area contributed by atoms with Gasteiger partial charge in [-0.05, 0) is 55.0 Å². The summed E-state index contributed by atoms with van der Waals surface area (Å²) in [6.45, 7) is 1.90. The van der Waals surface area contributed by atoms with Gasteiger partial charge in [-0.1, -0.05) is 76.1 Å². The van der Waals surface area contributed by atoms with E-state index in [1.807, 2.05) is 73.7 Å². The predicted octanol–water partition coefficient (Wildman–Crippen LogP) is 6.69. The second kappa shape index (κ2) is 8.06. The molecule has 1 N–H and O–H groups in total. The number of fused-ring (bicyclic) bond motifs is 5. The summed E-state index contributed by atoms with van der Waals surface area (Å²) in [5.41, 5.74) is 2.14. The van der Waals surface area contributed by atoms with Crippen molar-refractivity contribution < 1.29 is 17.6 Å². The molecule has 2 atom stereocenters. The van der Waals surface area contributed by atoms with Crippen molar-refractivity contribution in [3.63, 3.8) is 0 Å². The molecule has 3 heterocycles. The highest BCUT2D eigenvalue weighted by Gasteiger charge is 2.67. The van der Waals surface area contributed by atoms with E-state index in [2.05, 4.69) is 21.2 Å². The first-order valence-electron chi connectivity index (χ1n) is 12.1. The van der Waals surface area contributed by atoms with Crippen LogP contribution in [-0.2, 0) is 20.4 Å². The summed E-state index contributed by atoms with van der Waals surface area (Å²) in [6, 6.07) is 29.0. The number of anilines is 2. The van der Waals surface area contributed by atoms with Gasteiger partial charge in [0.2, 0.25) is 0 Å². The van der Waals surface area contributed by atoms with Gasteiger partial charge < -0.3 is 9.73 Å². The number of aryl methyl sites for hydroxylation is 1. The maximum atomic E-state index is 14.7. The van der Waals surface area contributed by atoms with Crippen molar-refractivity contribution in [3.05, 3.63) is 124 Å². The smallest absolute Gasteiger partial charge is 0.265 e. The molecule has 8 heteroatoms. The number of rotatable bonds is 3. The predicted molar refractivity (Wildman–Crippen MR) is 150 cm³/mol. The first kappa shape index (κ1) is 23.3. The molecule has 2 unspecified atom stereocenters. The van der Waals surface area contributed by atoms with Crippen LogP contribution >= 0.6 is 15.9 Å². The van der Waals surface area contributed by atoms with Gasteiger partial charge in [-0.3, -0.25) is 4.79 Å². The van der Waals surface area contributed by atoms with E-state index in [1.165, 1.54) is 4.31 Å². The van der Waals surface area contributed by atoms with Crippen molar-refractivity contribution in [1.82, 2.24) is 0 Å². The zero-order valence-corrected chi connectivity index (χ0v) is 22.6. The van der Waals surface area contributed by atoms with Crippen molar-refractivity contribution in [3.8, 4) is 0 Å². The van der Waals surface area contributed by atoms with Crippen LogP contribution in [-0.4, -0.2) is 14.3 Å². The summed E-state index contributed by atoms with van der Waals surface area (Å²) < 4.78 is 37.9. The Hall–Kier alpha value is -3.88. The fourth-order valence-corrected chi connectivity index (χ4v) is 8.02. The van der Waals surface area contributed by atoms with E-state index in [1.54, 1.807) is 30.3 Å². The quantitative estimate of drug-likeness (QED) is 0.256. The van der Waals surface area contributed by atoms with E-state index in [0.29, 0.717) is 33.7 Å². The molecule has 0 fully saturated rings. The lowest BCUT2D eigenvalue weighted by atomic mass is 9.76. The summed E-state index contributed by atoms with van der Waals surface area (Å²) in [4.78, 5) is 14.4. The fraction of sp³-hybridized carbons (Fsp3) is 0.100. The number of nitrogens with one attached hydrogen (secondary N) is 1. The fourth-order valence-electron chi connectivity index (χ4n) is 5.87. The lowest BCUT2D eigenvalue weighted by Gasteiger charge is -2.38. The number of benzene rings is 4. The molecule has 4 aromatic carbocycles. The Kier molecular flexibility index (Phi) is 4.93. The van der Waals surface area contributed by atoms with Crippen molar-refractivity contribution in [2.24, 2.45) is 0 Å². The van der Waals surface area contributed by atoms with Gasteiger partial charge in [0.15, 0.2) is 5.54 Å². The topological polar surface area (TPSA) is 79.6 Å². The van der Waals surface area contributed by atoms with Crippen molar-refractivity contribution in [2.75, 3.05) is 9.62 Å². The lowest BCUT2D eigenvalue weighted by molar-refractivity contribution is -0.120. The highest BCUT2D eigenvalue weighted by molar-refractivity contribution is 9.10. The molecule has 1 aromatic heterocycles. The standard InChI is InChI=1S/C30H21BrN2O4S/c1-18-11-14-21(15-12-18)38(35,36)33-27-22-9-5-6-10-25(22)37-28(27)26(19-7-3-2-4-8-19)30(33)23-17-20(31)13-16-24(23)32-29(30)34/h2-17,26H,1H3,(H,32,34). The Morgan fingerprint density at radius 3 is 2.39 bits per heavy atom. The molecule has 2 aliphatic heterocycles. The van der Waals surface area contributed by atoms with Crippen LogP contribution in [0.2, 0.25) is 0 Å². The molecule has 0 saturated carbocycles. The minimum absolute atomic E-state index is 0.101. The molecule has 0 radical (unpaired) electrons. The average Bonchev–Trinajstić information content (AvgIpc) is 3.52. The minimum atomic E-state index is -4.25. The van der Waals surface area contributed by atoms with Crippen LogP contribution in [0.25, 0.3) is 11.0 Å². The number of carbonyl (C=O) groups excluding carboxylic acids is 1. The zero-order chi connectivity index (χ0) is 26.2. The second-order valence-corrected chi connectivity index (χ2v) is 12.4. The van der Waals surface area contributed by atoms with E-state index < -0.39 is 27.4 Å². The van der Waals surface area contributed by atoms with Crippen molar-refractivity contribution >= 4 is 54.2 Å². The highest BCUT2D eigenvalue weighted by Crippen LogP contribution is 2.64. The van der Waals surface area contributed by atoms with E-state index in [-0.39, 0.29) is 4.90 Å². The maximum absolute atomic E-state index is 14.7. The third kappa shape index (κ3) is 2.98. The zero-order valence-electron chi connectivity index (χ0n) is 20.2. The molecule has 0 saturated heterocycles. The number of hydrogen-bond donors (Lipinski definition) is 1. The van der Waals surface area contributed by atoms with Crippen LogP contribution in [0.1, 0.15) is 28.4 Å². The summed E-state index contributed by atoms with van der Waals surface area (Å²) in [7, 11) is -4.25. The van der Waals surface area contributed by atoms with Crippen LogP contribution in [0.15, 0.2) is 111 Å². The third-order valence-electron chi connectivity index (χ3n) is 7.48. The number of furan rings is 1. The van der Waals surface area contributed by atoms with Crippen LogP contribution in [0.5, 0.6) is 0 Å². The van der Waals surface area contributed by atoms with E-state index >= 15 is 0 Å². The monoisotopic (exact) mass is 584 g/mol. The van der Waals surface area contributed by atoms with Crippen LogP contribution < -0.4 is 9.62 Å². The molecule has 1 amide bonds. The van der Waals surface area contributed by atoms with Gasteiger partial charge in [0, 0.05) is 21.1 Å². The Morgan fingerprint density at radius 1 is 0.921 bits per heavy atom. The number of halogens is 1. The Morgan fingerprint density at radius 2 is 1.63 bits per heavy atom. The second-order valence-electron chi connectivity index (χ2n) is 9.65. The first-order chi connectivity index (χ1) is 18.3. The van der Waals surface area contributed by atoms with Gasteiger partial charge in [0.05, 0.1) is 10.8 Å². The Labute approximate surface area is 228 Å². The van der Waals surface area contributed by atoms with Gasteiger partial charge in [-0.15, -0.1) is 0 Å². The van der Waals surface area contributed by atoms with Crippen molar-refractivity contribution in [1.29, 1.82) is 0 Å². The summed E-state index contributed by atoms with van der Waals surface area (Å²) >= 11 is 3.55. The van der Waals surface area contributed by atoms with E-state index in [9.17, 15) is 13.2 Å². The number of amides is 1. The summed E-state index contributed by atoms with van der Waals surface area (Å²) in [5.74, 6) is -0.719. The molecule has 6 nitrogen and oxygen atoms in total. The molecule has 0 aliphatic carbocycles. The third-order valence-corrected chi connectivity index (χ3v) is 9.79. The Bertz CT molecular complexity index is 1870. The van der Waals surface area contributed by atoms with Gasteiger partial charge in [-0.2, -0.15) is 0 Å². The van der Waals surface area contributed by atoms with Gasteiger partial charge in [0.25, 0.3) is 15.9 Å². The van der Waals surface area contributed by atoms with Crippen LogP contribution in [0.3, 0.4) is 0 Å². The van der Waals surface area contributed by atoms with Crippen LogP contribution in [0.4, 0.5) is 11.4 Å². The van der Waals surface area contributed by atoms with Crippen molar-refractivity contribution in [2.45, 2.75) is 23.3 Å². The normalized spacial score (nSPS) is 20.1. The summed E-state index contributed by atoms with van der Waals surface area (Å²) in [5, 5.41) is 3.62. The molecule has 5 aromatic rings. The number of hydrogen-bond acceptors (Lipinski definition) is 4. The highest BCUT2D eigenvalue weighted by atomic mass is 79.9. The molecule has 0 bridgehead atoms. The number of carbonyl (C=O) groups is 1. The number of para-hydroxylation sites is 1. The van der Waals surface area contributed by atoms with E-state index in [4.69, 9.17) is 4.42 Å². The summed E-state index contributed by atoms with van der Waals surface area (Å²) in [6.07, 6.45) is 0. The SMILES string of the molecule is Cc1ccc(S(=O)(=O)N2c3c(oc4ccccc34)C(c3ccccc3)C23C(=O)Nc2ccc(Br)cc23)cc1. The molecular weight excluding hydrogens is 564 g/mol. The Balaban J connectivity index is 1.65. The molecule has 2 aliphatic rings. The van der Waals surface area contributed by atoms with Gasteiger partial charge >= 0.3 is 0 Å². The molecule has 1 spiro atoms. The number of sulfonamides is 1. The van der Waals surface area contributed by atoms with Gasteiger partial charge in [-0.25, -0.2) is 12.7 Å². The van der Waals surface area contributed by atoms with Crippen LogP contribution in [0, 0.1) is 6.92 Å². The molecule has 188 valence electrons. The van der Waals surface area contributed by atoms with Gasteiger partial charge in [0.1, 0.15) is 17.0 Å². The first-order valence-corrected chi connectivity index (χ1v) is 14.4. The maximum Gasteiger partial charge on any atom is 0.265 e. The average molecular weight is 585 g/mol.